The number of anilines is 1. The van der Waals surface area contributed by atoms with E-state index in [2.05, 4.69) is 37.9 Å². The molecule has 0 radical (unpaired) electrons. The predicted molar refractivity (Wildman–Crippen MR) is 84.0 cm³/mol. The molecular weight excluding hydrogens is 254 g/mol. The maximum atomic E-state index is 4.85. The van der Waals surface area contributed by atoms with Crippen LogP contribution in [0.1, 0.15) is 44.7 Å². The van der Waals surface area contributed by atoms with E-state index in [9.17, 15) is 0 Å². The van der Waals surface area contributed by atoms with Crippen LogP contribution in [-0.4, -0.2) is 24.6 Å². The zero-order valence-electron chi connectivity index (χ0n) is 12.7. The van der Waals surface area contributed by atoms with Crippen LogP contribution in [0.3, 0.4) is 0 Å². The quantitative estimate of drug-likeness (QED) is 0.867. The first-order valence-corrected chi connectivity index (χ1v) is 8.36. The maximum Gasteiger partial charge on any atom is 0.185 e. The largest absolute Gasteiger partial charge is 0.348 e. The van der Waals surface area contributed by atoms with Gasteiger partial charge < -0.3 is 10.2 Å². The second-order valence-electron chi connectivity index (χ2n) is 6.08. The first-order chi connectivity index (χ1) is 9.10. The van der Waals surface area contributed by atoms with Crippen molar-refractivity contribution in [3.63, 3.8) is 0 Å². The molecule has 2 rings (SSSR count). The van der Waals surface area contributed by atoms with E-state index in [1.807, 2.05) is 11.3 Å². The summed E-state index contributed by atoms with van der Waals surface area (Å²) in [6.45, 7) is 13.4. The van der Waals surface area contributed by atoms with Crippen molar-refractivity contribution in [2.75, 3.05) is 24.5 Å². The third-order valence-corrected chi connectivity index (χ3v) is 4.79. The third-order valence-electron chi connectivity index (χ3n) is 3.63. The van der Waals surface area contributed by atoms with Gasteiger partial charge in [-0.1, -0.05) is 27.7 Å². The van der Waals surface area contributed by atoms with Crippen LogP contribution in [0.5, 0.6) is 0 Å². The van der Waals surface area contributed by atoms with E-state index >= 15 is 0 Å². The molecule has 2 heterocycles. The molecule has 1 unspecified atom stereocenters. The number of thiazole rings is 1. The van der Waals surface area contributed by atoms with E-state index in [0.717, 1.165) is 25.4 Å². The van der Waals surface area contributed by atoms with Crippen LogP contribution in [0.2, 0.25) is 0 Å². The zero-order valence-corrected chi connectivity index (χ0v) is 13.5. The Morgan fingerprint density at radius 3 is 2.84 bits per heavy atom. The topological polar surface area (TPSA) is 28.2 Å². The van der Waals surface area contributed by atoms with Crippen LogP contribution in [0, 0.1) is 11.8 Å². The number of rotatable bonds is 6. The van der Waals surface area contributed by atoms with Crippen molar-refractivity contribution in [2.45, 2.75) is 47.1 Å². The summed E-state index contributed by atoms with van der Waals surface area (Å²) >= 11 is 1.89. The van der Waals surface area contributed by atoms with Crippen LogP contribution < -0.4 is 10.2 Å². The molecule has 0 aromatic carbocycles. The van der Waals surface area contributed by atoms with Gasteiger partial charge in [0, 0.05) is 24.5 Å². The molecule has 0 aliphatic carbocycles. The molecule has 1 atom stereocenters. The lowest BCUT2D eigenvalue weighted by Crippen LogP contribution is -2.19. The normalized spacial score (nSPS) is 19.6. The number of aromatic nitrogens is 1. The third kappa shape index (κ3) is 3.93. The van der Waals surface area contributed by atoms with E-state index in [1.165, 1.54) is 35.2 Å². The average molecular weight is 281 g/mol. The van der Waals surface area contributed by atoms with E-state index in [0.29, 0.717) is 5.92 Å². The van der Waals surface area contributed by atoms with Crippen molar-refractivity contribution in [1.82, 2.24) is 10.3 Å². The summed E-state index contributed by atoms with van der Waals surface area (Å²) in [6, 6.07) is 0. The smallest absolute Gasteiger partial charge is 0.185 e. The van der Waals surface area contributed by atoms with E-state index in [-0.39, 0.29) is 0 Å². The minimum atomic E-state index is 0.705. The van der Waals surface area contributed by atoms with Crippen molar-refractivity contribution in [3.05, 3.63) is 10.6 Å². The highest BCUT2D eigenvalue weighted by Gasteiger charge is 2.22. The number of hydrogen-bond donors (Lipinski definition) is 1. The fraction of sp³-hybridized carbons (Fsp3) is 0.800. The van der Waals surface area contributed by atoms with Gasteiger partial charge in [0.15, 0.2) is 5.13 Å². The summed E-state index contributed by atoms with van der Waals surface area (Å²) in [5.41, 5.74) is 1.29. The lowest BCUT2D eigenvalue weighted by molar-refractivity contribution is 0.553. The Kier molecular flexibility index (Phi) is 5.22. The number of nitrogens with zero attached hydrogens (tertiary/aromatic N) is 2. The van der Waals surface area contributed by atoms with Gasteiger partial charge in [-0.2, -0.15) is 0 Å². The van der Waals surface area contributed by atoms with Gasteiger partial charge in [-0.25, -0.2) is 4.98 Å². The van der Waals surface area contributed by atoms with Crippen LogP contribution in [0.4, 0.5) is 5.13 Å². The molecule has 1 aromatic rings. The van der Waals surface area contributed by atoms with Crippen molar-refractivity contribution < 1.29 is 0 Å². The van der Waals surface area contributed by atoms with Gasteiger partial charge in [0.25, 0.3) is 0 Å². The highest BCUT2D eigenvalue weighted by Crippen LogP contribution is 2.30. The first-order valence-electron chi connectivity index (χ1n) is 7.54. The fourth-order valence-electron chi connectivity index (χ4n) is 2.50. The summed E-state index contributed by atoms with van der Waals surface area (Å²) in [5, 5.41) is 4.78. The summed E-state index contributed by atoms with van der Waals surface area (Å²) < 4.78 is 0. The second-order valence-corrected chi connectivity index (χ2v) is 7.15. The van der Waals surface area contributed by atoms with Crippen molar-refractivity contribution in [1.29, 1.82) is 0 Å². The number of aryl methyl sites for hydroxylation is 1. The Balaban J connectivity index is 2.00. The van der Waals surface area contributed by atoms with Crippen LogP contribution in [0.15, 0.2) is 0 Å². The van der Waals surface area contributed by atoms with Crippen LogP contribution >= 0.6 is 11.3 Å². The van der Waals surface area contributed by atoms with Crippen molar-refractivity contribution in [3.8, 4) is 0 Å². The molecule has 1 aliphatic rings. The SMILES string of the molecule is CCc1nc(N2CCC(C)C2)sc1CNCC(C)C. The molecule has 3 nitrogen and oxygen atoms in total. The second kappa shape index (κ2) is 6.71. The first kappa shape index (κ1) is 14.8. The van der Waals surface area contributed by atoms with Crippen molar-refractivity contribution in [2.24, 2.45) is 11.8 Å². The molecule has 1 fully saturated rings. The van der Waals surface area contributed by atoms with Crippen molar-refractivity contribution >= 4 is 16.5 Å². The van der Waals surface area contributed by atoms with Gasteiger partial charge >= 0.3 is 0 Å². The average Bonchev–Trinajstić information content (AvgIpc) is 2.95. The van der Waals surface area contributed by atoms with Gasteiger partial charge in [0.05, 0.1) is 5.69 Å². The maximum absolute atomic E-state index is 4.85. The Bertz CT molecular complexity index is 400. The minimum absolute atomic E-state index is 0.705. The summed E-state index contributed by atoms with van der Waals surface area (Å²) in [6.07, 6.45) is 2.35. The number of nitrogens with one attached hydrogen (secondary N) is 1. The van der Waals surface area contributed by atoms with Crippen LogP contribution in [0.25, 0.3) is 0 Å². The summed E-state index contributed by atoms with van der Waals surface area (Å²) in [5.74, 6) is 1.52. The van der Waals surface area contributed by atoms with Gasteiger partial charge in [-0.3, -0.25) is 0 Å². The van der Waals surface area contributed by atoms with Crippen LogP contribution in [-0.2, 0) is 13.0 Å². The molecule has 4 heteroatoms. The molecule has 1 aromatic heterocycles. The molecule has 0 bridgehead atoms. The fourth-order valence-corrected chi connectivity index (χ4v) is 3.66. The Hall–Kier alpha value is -0.610. The Labute approximate surface area is 121 Å². The monoisotopic (exact) mass is 281 g/mol. The Morgan fingerprint density at radius 1 is 1.47 bits per heavy atom. The molecule has 0 amide bonds. The van der Waals surface area contributed by atoms with E-state index in [1.54, 1.807) is 0 Å². The van der Waals surface area contributed by atoms with Gasteiger partial charge in [0.1, 0.15) is 0 Å². The molecule has 1 N–H and O–H groups in total. The molecule has 19 heavy (non-hydrogen) atoms. The standard InChI is InChI=1S/C15H27N3S/c1-5-13-14(9-16-8-11(2)3)19-15(17-13)18-7-6-12(4)10-18/h11-12,16H,5-10H2,1-4H3. The minimum Gasteiger partial charge on any atom is -0.348 e. The van der Waals surface area contributed by atoms with Gasteiger partial charge in [-0.15, -0.1) is 11.3 Å². The lowest BCUT2D eigenvalue weighted by atomic mass is 10.2. The molecule has 108 valence electrons. The molecule has 0 spiro atoms. The highest BCUT2D eigenvalue weighted by atomic mass is 32.1. The van der Waals surface area contributed by atoms with E-state index < -0.39 is 0 Å². The molecule has 1 saturated heterocycles. The molecule has 0 saturated carbocycles. The lowest BCUT2D eigenvalue weighted by Gasteiger charge is -2.13. The number of hydrogen-bond acceptors (Lipinski definition) is 4. The highest BCUT2D eigenvalue weighted by molar-refractivity contribution is 7.15. The Morgan fingerprint density at radius 2 is 2.26 bits per heavy atom. The summed E-state index contributed by atoms with van der Waals surface area (Å²) in [4.78, 5) is 8.73. The molecule has 1 aliphatic heterocycles. The molecular formula is C15H27N3S. The predicted octanol–water partition coefficient (Wildman–Crippen LogP) is 3.30. The van der Waals surface area contributed by atoms with Gasteiger partial charge in [-0.05, 0) is 31.2 Å². The summed E-state index contributed by atoms with van der Waals surface area (Å²) in [7, 11) is 0. The zero-order chi connectivity index (χ0) is 13.8. The van der Waals surface area contributed by atoms with E-state index in [4.69, 9.17) is 4.98 Å². The van der Waals surface area contributed by atoms with Gasteiger partial charge in [0.2, 0.25) is 0 Å².